The molecule has 164 valence electrons. The summed E-state index contributed by atoms with van der Waals surface area (Å²) < 4.78 is 14.7. The number of furan rings is 1. The second-order valence-electron chi connectivity index (χ2n) is 6.17. The lowest BCUT2D eigenvalue weighted by Crippen LogP contribution is -2.04. The molecule has 15 heteroatoms. The highest BCUT2D eigenvalue weighted by Crippen LogP contribution is 2.17. The Morgan fingerprint density at radius 2 is 2.25 bits per heavy atom. The van der Waals surface area contributed by atoms with Gasteiger partial charge in [-0.3, -0.25) is 19.5 Å². The number of hydrogen-bond acceptors (Lipinski definition) is 11. The number of hydrogen-bond donors (Lipinski definition) is 0. The molecular weight excluding hydrogens is 442 g/mol. The topological polar surface area (TPSA) is 161 Å². The molecule has 0 aliphatic heterocycles. The van der Waals surface area contributed by atoms with E-state index in [0.29, 0.717) is 22.6 Å². The molecule has 0 saturated heterocycles. The zero-order chi connectivity index (χ0) is 22.5. The fourth-order valence-electron chi connectivity index (χ4n) is 2.53. The maximum Gasteiger partial charge on any atom is 0.358 e. The molecule has 32 heavy (non-hydrogen) atoms. The number of carbonyl (C=O) groups excluding carboxylic acids is 1. The molecule has 0 aliphatic carbocycles. The molecule has 0 aromatic carbocycles. The van der Waals surface area contributed by atoms with Crippen LogP contribution in [0.2, 0.25) is 0 Å². The summed E-state index contributed by atoms with van der Waals surface area (Å²) >= 11 is 1.31. The van der Waals surface area contributed by atoms with Crippen LogP contribution in [0.15, 0.2) is 57.8 Å². The maximum absolute atomic E-state index is 11.5. The molecule has 0 unspecified atom stereocenters. The van der Waals surface area contributed by atoms with Crippen molar-refractivity contribution in [3.63, 3.8) is 0 Å². The monoisotopic (exact) mass is 457 g/mol. The minimum atomic E-state index is -0.511. The van der Waals surface area contributed by atoms with Crippen LogP contribution in [0.4, 0.5) is 5.69 Å². The lowest BCUT2D eigenvalue weighted by atomic mass is 10.4. The molecule has 0 aliphatic rings. The smallest absolute Gasteiger partial charge is 0.358 e. The summed E-state index contributed by atoms with van der Waals surface area (Å²) in [4.78, 5) is 21.7. The van der Waals surface area contributed by atoms with Crippen LogP contribution < -0.4 is 0 Å². The van der Waals surface area contributed by atoms with Crippen molar-refractivity contribution in [1.29, 1.82) is 0 Å². The molecule has 4 aromatic rings. The van der Waals surface area contributed by atoms with Crippen LogP contribution in [-0.2, 0) is 17.2 Å². The Morgan fingerprint density at radius 1 is 1.38 bits per heavy atom. The molecule has 4 rings (SSSR count). The highest BCUT2D eigenvalue weighted by molar-refractivity contribution is 7.98. The Morgan fingerprint density at radius 3 is 3.03 bits per heavy atom. The third-order valence-electron chi connectivity index (χ3n) is 4.00. The number of nitro groups is 1. The van der Waals surface area contributed by atoms with Gasteiger partial charge in [-0.2, -0.15) is 20.0 Å². The fourth-order valence-corrected chi connectivity index (χ4v) is 3.25. The van der Waals surface area contributed by atoms with Crippen LogP contribution >= 0.6 is 11.8 Å². The third kappa shape index (κ3) is 4.89. The Hall–Kier alpha value is -4.27. The van der Waals surface area contributed by atoms with Gasteiger partial charge in [-0.25, -0.2) is 4.79 Å². The fraction of sp³-hybridized carbons (Fsp3) is 0.176. The number of nitrogens with zero attached hydrogens (tertiary/aromatic N) is 9. The number of thioether (sulfide) groups is 1. The molecule has 4 heterocycles. The van der Waals surface area contributed by atoms with Crippen molar-refractivity contribution in [2.24, 2.45) is 5.10 Å². The molecule has 0 fully saturated rings. The van der Waals surface area contributed by atoms with Crippen molar-refractivity contribution in [2.75, 3.05) is 7.11 Å². The van der Waals surface area contributed by atoms with E-state index in [1.54, 1.807) is 29.1 Å². The average molecular weight is 457 g/mol. The summed E-state index contributed by atoms with van der Waals surface area (Å²) in [7, 11) is 1.29. The van der Waals surface area contributed by atoms with E-state index < -0.39 is 10.9 Å². The van der Waals surface area contributed by atoms with E-state index in [4.69, 9.17) is 4.42 Å². The van der Waals surface area contributed by atoms with Crippen molar-refractivity contribution < 1.29 is 18.9 Å². The molecule has 0 radical (unpaired) electrons. The lowest BCUT2D eigenvalue weighted by molar-refractivity contribution is -0.385. The average Bonchev–Trinajstić information content (AvgIpc) is 3.58. The summed E-state index contributed by atoms with van der Waals surface area (Å²) in [6, 6.07) is 5.00. The van der Waals surface area contributed by atoms with Crippen LogP contribution in [-0.4, -0.2) is 58.7 Å². The first-order valence-electron chi connectivity index (χ1n) is 8.96. The molecule has 0 saturated carbocycles. The van der Waals surface area contributed by atoms with Gasteiger partial charge in [-0.05, 0) is 18.2 Å². The Kier molecular flexibility index (Phi) is 6.07. The Labute approximate surface area is 183 Å². The van der Waals surface area contributed by atoms with Gasteiger partial charge in [-0.15, -0.1) is 10.2 Å². The quantitative estimate of drug-likeness (QED) is 0.119. The van der Waals surface area contributed by atoms with E-state index in [1.165, 1.54) is 53.2 Å². The summed E-state index contributed by atoms with van der Waals surface area (Å²) in [6.45, 7) is 0.243. The van der Waals surface area contributed by atoms with E-state index in [2.05, 4.69) is 30.2 Å². The number of esters is 1. The Balaban J connectivity index is 1.36. The molecule has 0 atom stereocenters. The predicted octanol–water partition coefficient (Wildman–Crippen LogP) is 1.64. The number of aromatic nitrogens is 7. The van der Waals surface area contributed by atoms with Gasteiger partial charge >= 0.3 is 11.7 Å². The summed E-state index contributed by atoms with van der Waals surface area (Å²) in [6.07, 6.45) is 7.09. The van der Waals surface area contributed by atoms with Crippen LogP contribution in [0.3, 0.4) is 0 Å². The second kappa shape index (κ2) is 9.25. The maximum atomic E-state index is 11.5. The highest BCUT2D eigenvalue weighted by atomic mass is 32.2. The largest absolute Gasteiger partial charge is 0.464 e. The minimum absolute atomic E-state index is 0.0902. The minimum Gasteiger partial charge on any atom is -0.464 e. The van der Waals surface area contributed by atoms with Gasteiger partial charge in [0.05, 0.1) is 30.7 Å². The summed E-state index contributed by atoms with van der Waals surface area (Å²) in [5.74, 6) is 0.903. The van der Waals surface area contributed by atoms with Crippen LogP contribution in [0.5, 0.6) is 0 Å². The first-order chi connectivity index (χ1) is 15.5. The van der Waals surface area contributed by atoms with Crippen LogP contribution in [0.25, 0.3) is 0 Å². The molecule has 0 bridgehead atoms. The van der Waals surface area contributed by atoms with Crippen molar-refractivity contribution in [3.05, 3.63) is 70.4 Å². The van der Waals surface area contributed by atoms with Gasteiger partial charge in [0.1, 0.15) is 30.2 Å². The highest BCUT2D eigenvalue weighted by Gasteiger charge is 2.12. The van der Waals surface area contributed by atoms with Crippen LogP contribution in [0, 0.1) is 10.1 Å². The lowest BCUT2D eigenvalue weighted by Gasteiger charge is -2.01. The number of methoxy groups -OCH3 is 1. The first kappa shape index (κ1) is 21.0. The molecule has 0 spiro atoms. The normalized spacial score (nSPS) is 11.3. The second-order valence-corrected chi connectivity index (χ2v) is 7.08. The van der Waals surface area contributed by atoms with E-state index in [1.807, 2.05) is 0 Å². The third-order valence-corrected chi connectivity index (χ3v) is 4.92. The number of ether oxygens (including phenoxy) is 1. The van der Waals surface area contributed by atoms with Crippen molar-refractivity contribution in [3.8, 4) is 0 Å². The standard InChI is InChI=1S/C17H15N9O5S/c1-30-16(27)15-4-5-23(22-15)11-32-17-21-18-10-25(17)20-7-13-2-3-14(31-13)9-24-8-12(6-19-24)26(28)29/h2-8,10H,9,11H2,1H3. The van der Waals surface area contributed by atoms with Gasteiger partial charge in [0.25, 0.3) is 0 Å². The van der Waals surface area contributed by atoms with Gasteiger partial charge in [0, 0.05) is 6.20 Å². The van der Waals surface area contributed by atoms with E-state index in [0.717, 1.165) is 0 Å². The SMILES string of the molecule is COC(=O)c1ccn(CSc2nncn2N=Cc2ccc(Cn3cc([N+](=O)[O-])cn3)o2)n1. The summed E-state index contributed by atoms with van der Waals surface area (Å²) in [5.41, 5.74) is 0.124. The molecule has 0 N–H and O–H groups in total. The van der Waals surface area contributed by atoms with Gasteiger partial charge in [-0.1, -0.05) is 11.8 Å². The molecule has 0 amide bonds. The van der Waals surface area contributed by atoms with Crippen molar-refractivity contribution >= 4 is 29.6 Å². The molecule has 4 aromatic heterocycles. The van der Waals surface area contributed by atoms with Gasteiger partial charge in [0.2, 0.25) is 5.16 Å². The van der Waals surface area contributed by atoms with Gasteiger partial charge in [0.15, 0.2) is 5.69 Å². The van der Waals surface area contributed by atoms with E-state index in [-0.39, 0.29) is 17.9 Å². The number of carbonyl (C=O) groups is 1. The predicted molar refractivity (Wildman–Crippen MR) is 109 cm³/mol. The van der Waals surface area contributed by atoms with Crippen LogP contribution in [0.1, 0.15) is 22.0 Å². The molecular formula is C17H15N9O5S. The zero-order valence-corrected chi connectivity index (χ0v) is 17.3. The van der Waals surface area contributed by atoms with Gasteiger partial charge < -0.3 is 9.15 Å². The van der Waals surface area contributed by atoms with Crippen molar-refractivity contribution in [2.45, 2.75) is 17.6 Å². The molecule has 14 nitrogen and oxygen atoms in total. The zero-order valence-electron chi connectivity index (χ0n) is 16.5. The van der Waals surface area contributed by atoms with E-state index >= 15 is 0 Å². The first-order valence-corrected chi connectivity index (χ1v) is 9.95. The summed E-state index contributed by atoms with van der Waals surface area (Å²) in [5, 5.41) is 31.4. The Bertz CT molecular complexity index is 1270. The van der Waals surface area contributed by atoms with Crippen molar-refractivity contribution in [1.82, 2.24) is 34.4 Å². The number of rotatable bonds is 9. The van der Waals surface area contributed by atoms with E-state index in [9.17, 15) is 14.9 Å².